The van der Waals surface area contributed by atoms with Crippen molar-refractivity contribution in [3.63, 3.8) is 0 Å². The van der Waals surface area contributed by atoms with Crippen LogP contribution in [0.2, 0.25) is 0 Å². The summed E-state index contributed by atoms with van der Waals surface area (Å²) in [5, 5.41) is 15.0. The summed E-state index contributed by atoms with van der Waals surface area (Å²) < 4.78 is 0. The molecule has 1 heterocycles. The average Bonchev–Trinajstić information content (AvgIpc) is 3.18. The van der Waals surface area contributed by atoms with Gasteiger partial charge in [0.05, 0.1) is 5.69 Å². The van der Waals surface area contributed by atoms with Crippen molar-refractivity contribution in [3.05, 3.63) is 82.4 Å². The second-order valence-corrected chi connectivity index (χ2v) is 9.03. The lowest BCUT2D eigenvalue weighted by molar-refractivity contribution is 0.0983. The number of carbonyl (C=O) groups is 1. The van der Waals surface area contributed by atoms with Crippen LogP contribution in [0.15, 0.2) is 60.7 Å². The fraction of sp³-hybridized carbons (Fsp3) is 0.231. The summed E-state index contributed by atoms with van der Waals surface area (Å²) in [4.78, 5) is 18.8. The van der Waals surface area contributed by atoms with E-state index in [0.29, 0.717) is 29.9 Å². The number of benzene rings is 3. The zero-order valence-electron chi connectivity index (χ0n) is 17.4. The lowest BCUT2D eigenvalue weighted by atomic mass is 10.0. The summed E-state index contributed by atoms with van der Waals surface area (Å²) >= 11 is 1.68. The van der Waals surface area contributed by atoms with Gasteiger partial charge in [0, 0.05) is 22.4 Å². The molecule has 0 spiro atoms. The molecule has 3 aromatic carbocycles. The number of nitrogens with zero attached hydrogens (tertiary/aromatic N) is 1. The minimum absolute atomic E-state index is 0.0314. The molecule has 30 heavy (non-hydrogen) atoms. The van der Waals surface area contributed by atoms with Crippen LogP contribution in [-0.4, -0.2) is 10.8 Å². The highest BCUT2D eigenvalue weighted by molar-refractivity contribution is 7.15. The van der Waals surface area contributed by atoms with Crippen molar-refractivity contribution in [1.82, 2.24) is 4.98 Å². The first-order valence-electron chi connectivity index (χ1n) is 10.2. The summed E-state index contributed by atoms with van der Waals surface area (Å²) in [5.41, 5.74) is 3.40. The molecule has 0 unspecified atom stereocenters. The molecule has 0 atom stereocenters. The Morgan fingerprint density at radius 3 is 2.50 bits per heavy atom. The normalized spacial score (nSPS) is 11.3. The van der Waals surface area contributed by atoms with E-state index in [-0.39, 0.29) is 11.5 Å². The monoisotopic (exact) mass is 414 g/mol. The molecule has 1 aromatic heterocycles. The van der Waals surface area contributed by atoms with Crippen LogP contribution in [0, 0.1) is 6.92 Å². The van der Waals surface area contributed by atoms with E-state index in [1.807, 2.05) is 12.1 Å². The van der Waals surface area contributed by atoms with Crippen molar-refractivity contribution in [1.29, 1.82) is 0 Å². The Morgan fingerprint density at radius 1 is 1.00 bits per heavy atom. The van der Waals surface area contributed by atoms with Gasteiger partial charge >= 0.3 is 0 Å². The first kappa shape index (κ1) is 20.3. The van der Waals surface area contributed by atoms with Crippen LogP contribution in [0.1, 0.15) is 52.7 Å². The van der Waals surface area contributed by atoms with Crippen LogP contribution < -0.4 is 0 Å². The summed E-state index contributed by atoms with van der Waals surface area (Å²) in [6.07, 6.45) is 1.08. The summed E-state index contributed by atoms with van der Waals surface area (Å²) in [7, 11) is 0. The number of carbonyl (C=O) groups excluding carboxylic acids is 1. The number of hydrogen-bond acceptors (Lipinski definition) is 3. The molecule has 0 fully saturated rings. The van der Waals surface area contributed by atoms with Crippen molar-refractivity contribution >= 4 is 27.9 Å². The fourth-order valence-corrected chi connectivity index (χ4v) is 4.85. The Bertz CT molecular complexity index is 1220. The SMILES string of the molecule is Cc1cc(C(=O)CCc2sc(-c3ccc4ccccc4c3)nc2C(C)C)ccc1[O]. The summed E-state index contributed by atoms with van der Waals surface area (Å²) in [6.45, 7) is 6.02. The number of aryl methyl sites for hydroxylation is 2. The first-order valence-corrected chi connectivity index (χ1v) is 11.0. The molecule has 0 bridgehead atoms. The van der Waals surface area contributed by atoms with Gasteiger partial charge in [-0.15, -0.1) is 11.3 Å². The van der Waals surface area contributed by atoms with Crippen LogP contribution in [0.4, 0.5) is 0 Å². The molecule has 1 radical (unpaired) electrons. The smallest absolute Gasteiger partial charge is 0.181 e. The van der Waals surface area contributed by atoms with Crippen LogP contribution >= 0.6 is 11.3 Å². The molecule has 0 N–H and O–H groups in total. The molecular formula is C26H24NO2S. The fourth-order valence-electron chi connectivity index (χ4n) is 3.63. The number of thiazole rings is 1. The maximum atomic E-state index is 12.7. The number of Topliss-reactive ketones (excluding diaryl/α,β-unsaturated/α-hetero) is 1. The van der Waals surface area contributed by atoms with Gasteiger partial charge in [-0.2, -0.15) is 0 Å². The van der Waals surface area contributed by atoms with Crippen molar-refractivity contribution in [2.45, 2.75) is 39.5 Å². The molecule has 0 amide bonds. The van der Waals surface area contributed by atoms with Crippen molar-refractivity contribution in [2.75, 3.05) is 0 Å². The molecule has 0 aliphatic rings. The van der Waals surface area contributed by atoms with Crippen LogP contribution in [-0.2, 0) is 11.5 Å². The van der Waals surface area contributed by atoms with Crippen molar-refractivity contribution in [2.24, 2.45) is 0 Å². The zero-order chi connectivity index (χ0) is 21.3. The average molecular weight is 415 g/mol. The molecule has 3 nitrogen and oxygen atoms in total. The standard InChI is InChI=1S/C26H24NO2S/c1-16(2)25-24(13-12-23(29)20-10-11-22(28)17(3)14-20)30-26(27-25)21-9-8-18-6-4-5-7-19(18)15-21/h4-11,14-16H,12-13H2,1-3H3. The van der Waals surface area contributed by atoms with Crippen molar-refractivity contribution in [3.8, 4) is 16.3 Å². The van der Waals surface area contributed by atoms with Gasteiger partial charge in [0.15, 0.2) is 11.5 Å². The first-order chi connectivity index (χ1) is 14.4. The van der Waals surface area contributed by atoms with Gasteiger partial charge < -0.3 is 0 Å². The molecular weight excluding hydrogens is 390 g/mol. The molecule has 0 saturated heterocycles. The van der Waals surface area contributed by atoms with E-state index in [0.717, 1.165) is 16.3 Å². The Balaban J connectivity index is 1.59. The van der Waals surface area contributed by atoms with E-state index in [2.05, 4.69) is 44.2 Å². The lowest BCUT2D eigenvalue weighted by Crippen LogP contribution is -2.02. The zero-order valence-corrected chi connectivity index (χ0v) is 18.3. The Kier molecular flexibility index (Phi) is 5.69. The van der Waals surface area contributed by atoms with E-state index < -0.39 is 0 Å². The number of aromatic nitrogens is 1. The predicted octanol–water partition coefficient (Wildman–Crippen LogP) is 7.35. The van der Waals surface area contributed by atoms with E-state index in [9.17, 15) is 9.90 Å². The van der Waals surface area contributed by atoms with E-state index >= 15 is 0 Å². The third-order valence-corrected chi connectivity index (χ3v) is 6.53. The summed E-state index contributed by atoms with van der Waals surface area (Å²) in [6, 6.07) is 19.6. The van der Waals surface area contributed by atoms with Gasteiger partial charge in [-0.25, -0.2) is 4.98 Å². The van der Waals surface area contributed by atoms with Gasteiger partial charge in [-0.3, -0.25) is 9.90 Å². The number of hydrogen-bond donors (Lipinski definition) is 0. The Labute approximate surface area is 181 Å². The Hall–Kier alpha value is -2.98. The molecule has 0 aliphatic carbocycles. The highest BCUT2D eigenvalue weighted by Gasteiger charge is 2.17. The number of rotatable bonds is 6. The van der Waals surface area contributed by atoms with E-state index in [4.69, 9.17) is 4.98 Å². The highest BCUT2D eigenvalue weighted by atomic mass is 32.1. The van der Waals surface area contributed by atoms with Gasteiger partial charge in [0.2, 0.25) is 0 Å². The van der Waals surface area contributed by atoms with E-state index in [1.54, 1.807) is 30.4 Å². The minimum atomic E-state index is -0.0314. The second-order valence-electron chi connectivity index (χ2n) is 7.95. The Morgan fingerprint density at radius 2 is 1.77 bits per heavy atom. The molecule has 151 valence electrons. The third kappa shape index (κ3) is 4.14. The van der Waals surface area contributed by atoms with Crippen molar-refractivity contribution < 1.29 is 9.90 Å². The van der Waals surface area contributed by atoms with Gasteiger partial charge in [0.1, 0.15) is 5.01 Å². The van der Waals surface area contributed by atoms with Gasteiger partial charge in [-0.05, 0) is 59.9 Å². The molecule has 4 heteroatoms. The van der Waals surface area contributed by atoms with Crippen LogP contribution in [0.5, 0.6) is 5.75 Å². The highest BCUT2D eigenvalue weighted by Crippen LogP contribution is 2.34. The second kappa shape index (κ2) is 8.41. The summed E-state index contributed by atoms with van der Waals surface area (Å²) in [5.74, 6) is 0.326. The topological polar surface area (TPSA) is 49.9 Å². The predicted molar refractivity (Wildman–Crippen MR) is 123 cm³/mol. The molecule has 0 aliphatic heterocycles. The number of fused-ring (bicyclic) bond motifs is 1. The van der Waals surface area contributed by atoms with Crippen LogP contribution in [0.25, 0.3) is 21.3 Å². The van der Waals surface area contributed by atoms with E-state index in [1.165, 1.54) is 21.7 Å². The minimum Gasteiger partial charge on any atom is -0.294 e. The van der Waals surface area contributed by atoms with Gasteiger partial charge in [-0.1, -0.05) is 50.2 Å². The maximum absolute atomic E-state index is 12.7. The third-order valence-electron chi connectivity index (χ3n) is 5.35. The molecule has 0 saturated carbocycles. The molecule has 4 rings (SSSR count). The van der Waals surface area contributed by atoms with Crippen LogP contribution in [0.3, 0.4) is 0 Å². The number of ketones is 1. The molecule has 4 aromatic rings. The largest absolute Gasteiger partial charge is 0.294 e. The quantitative estimate of drug-likeness (QED) is 0.310. The lowest BCUT2D eigenvalue weighted by Gasteiger charge is -2.06. The van der Waals surface area contributed by atoms with Gasteiger partial charge in [0.25, 0.3) is 0 Å². The maximum Gasteiger partial charge on any atom is 0.181 e.